The Labute approximate surface area is 125 Å². The molecule has 0 heterocycles. The first-order valence-corrected chi connectivity index (χ1v) is 7.20. The summed E-state index contributed by atoms with van der Waals surface area (Å²) in [5, 5.41) is 6.71. The monoisotopic (exact) mass is 298 g/mol. The molecule has 1 rings (SSSR count). The number of ether oxygens (including phenoxy) is 1. The third-order valence-electron chi connectivity index (χ3n) is 2.78. The van der Waals surface area contributed by atoms with Crippen LogP contribution in [0.3, 0.4) is 0 Å². The van der Waals surface area contributed by atoms with Gasteiger partial charge < -0.3 is 15.4 Å². The van der Waals surface area contributed by atoms with Crippen LogP contribution in [0.5, 0.6) is 5.75 Å². The lowest BCUT2D eigenvalue weighted by Gasteiger charge is -2.09. The molecule has 1 amide bonds. The fourth-order valence-electron chi connectivity index (χ4n) is 1.66. The molecule has 0 atom stereocenters. The topological polar surface area (TPSA) is 50.4 Å². The van der Waals surface area contributed by atoms with Crippen molar-refractivity contribution in [3.8, 4) is 5.75 Å². The average molecular weight is 299 g/mol. The predicted molar refractivity (Wildman–Crippen MR) is 82.2 cm³/mol. The van der Waals surface area contributed by atoms with E-state index in [0.717, 1.165) is 12.1 Å². The van der Waals surface area contributed by atoms with Crippen molar-refractivity contribution in [3.63, 3.8) is 0 Å². The largest absolute Gasteiger partial charge is 0.495 e. The summed E-state index contributed by atoms with van der Waals surface area (Å²) in [5.41, 5.74) is 1.07. The highest BCUT2D eigenvalue weighted by Crippen LogP contribution is 2.24. The second-order valence-corrected chi connectivity index (χ2v) is 5.50. The van der Waals surface area contributed by atoms with E-state index >= 15 is 0 Å². The molecule has 0 aliphatic carbocycles. The molecule has 4 nitrogen and oxygen atoms in total. The Morgan fingerprint density at radius 3 is 2.75 bits per heavy atom. The summed E-state index contributed by atoms with van der Waals surface area (Å²) < 4.78 is 5.10. The summed E-state index contributed by atoms with van der Waals surface area (Å²) in [4.78, 5) is 11.5. The van der Waals surface area contributed by atoms with Crippen LogP contribution in [0.1, 0.15) is 25.8 Å². The van der Waals surface area contributed by atoms with Crippen LogP contribution in [-0.2, 0) is 11.3 Å². The van der Waals surface area contributed by atoms with Crippen molar-refractivity contribution < 1.29 is 9.53 Å². The lowest BCUT2D eigenvalue weighted by molar-refractivity contribution is -0.121. The van der Waals surface area contributed by atoms with Crippen molar-refractivity contribution in [3.05, 3.63) is 28.8 Å². The molecule has 0 spiro atoms. The molecule has 1 aromatic rings. The van der Waals surface area contributed by atoms with E-state index < -0.39 is 0 Å². The molecular formula is C15H23ClN2O2. The quantitative estimate of drug-likeness (QED) is 0.725. The number of hydrogen-bond acceptors (Lipinski definition) is 3. The molecule has 0 saturated heterocycles. The van der Waals surface area contributed by atoms with Crippen molar-refractivity contribution in [1.29, 1.82) is 0 Å². The van der Waals surface area contributed by atoms with Gasteiger partial charge in [-0.05, 0) is 23.6 Å². The lowest BCUT2D eigenvalue weighted by Crippen LogP contribution is -2.30. The highest BCUT2D eigenvalue weighted by atomic mass is 35.5. The predicted octanol–water partition coefficient (Wildman–Crippen LogP) is 2.60. The van der Waals surface area contributed by atoms with E-state index in [0.29, 0.717) is 36.2 Å². The van der Waals surface area contributed by atoms with Gasteiger partial charge in [0.25, 0.3) is 0 Å². The Hall–Kier alpha value is -1.26. The molecule has 0 fully saturated rings. The number of nitrogens with one attached hydrogen (secondary N) is 2. The van der Waals surface area contributed by atoms with Crippen molar-refractivity contribution >= 4 is 17.5 Å². The highest BCUT2D eigenvalue weighted by molar-refractivity contribution is 6.32. The molecule has 0 radical (unpaired) electrons. The summed E-state index contributed by atoms with van der Waals surface area (Å²) in [6, 6.07) is 5.66. The van der Waals surface area contributed by atoms with Gasteiger partial charge in [0.05, 0.1) is 12.1 Å². The molecule has 0 unspecified atom stereocenters. The minimum absolute atomic E-state index is 0.0824. The van der Waals surface area contributed by atoms with Gasteiger partial charge in [0.1, 0.15) is 5.75 Å². The molecule has 0 aliphatic rings. The van der Waals surface area contributed by atoms with Gasteiger partial charge in [-0.1, -0.05) is 31.5 Å². The van der Waals surface area contributed by atoms with Crippen molar-refractivity contribution in [2.24, 2.45) is 5.92 Å². The molecule has 20 heavy (non-hydrogen) atoms. The minimum Gasteiger partial charge on any atom is -0.495 e. The minimum atomic E-state index is 0.0824. The number of carbonyl (C=O) groups excluding carboxylic acids is 1. The van der Waals surface area contributed by atoms with Crippen LogP contribution in [0, 0.1) is 5.92 Å². The van der Waals surface area contributed by atoms with Gasteiger partial charge in [-0.15, -0.1) is 0 Å². The normalized spacial score (nSPS) is 10.7. The lowest BCUT2D eigenvalue weighted by atomic mass is 10.2. The second kappa shape index (κ2) is 8.82. The highest BCUT2D eigenvalue weighted by Gasteiger charge is 2.03. The van der Waals surface area contributed by atoms with Gasteiger partial charge >= 0.3 is 0 Å². The van der Waals surface area contributed by atoms with E-state index in [2.05, 4.69) is 24.5 Å². The van der Waals surface area contributed by atoms with Gasteiger partial charge in [-0.2, -0.15) is 0 Å². The van der Waals surface area contributed by atoms with Crippen LogP contribution in [0.2, 0.25) is 5.02 Å². The van der Waals surface area contributed by atoms with Gasteiger partial charge in [0.15, 0.2) is 0 Å². The number of amides is 1. The van der Waals surface area contributed by atoms with Crippen molar-refractivity contribution in [2.45, 2.75) is 26.8 Å². The van der Waals surface area contributed by atoms with Crippen LogP contribution >= 0.6 is 11.6 Å². The molecule has 0 aromatic heterocycles. The maximum Gasteiger partial charge on any atom is 0.221 e. The average Bonchev–Trinajstić information content (AvgIpc) is 2.41. The SMILES string of the molecule is COc1ccc(CNCCC(=O)NCC(C)C)cc1Cl. The van der Waals surface area contributed by atoms with Crippen molar-refractivity contribution in [1.82, 2.24) is 10.6 Å². The summed E-state index contributed by atoms with van der Waals surface area (Å²) >= 11 is 6.05. The molecule has 0 saturated carbocycles. The number of rotatable bonds is 8. The Morgan fingerprint density at radius 2 is 2.15 bits per heavy atom. The molecule has 1 aromatic carbocycles. The van der Waals surface area contributed by atoms with Gasteiger partial charge in [-0.25, -0.2) is 0 Å². The van der Waals surface area contributed by atoms with Crippen LogP contribution in [-0.4, -0.2) is 26.1 Å². The van der Waals surface area contributed by atoms with Gasteiger partial charge in [0.2, 0.25) is 5.91 Å². The second-order valence-electron chi connectivity index (χ2n) is 5.09. The molecule has 2 N–H and O–H groups in total. The zero-order chi connectivity index (χ0) is 15.0. The first kappa shape index (κ1) is 16.8. The van der Waals surface area contributed by atoms with Gasteiger partial charge in [0, 0.05) is 26.1 Å². The zero-order valence-corrected chi connectivity index (χ0v) is 13.1. The maximum absolute atomic E-state index is 11.5. The summed E-state index contributed by atoms with van der Waals surface area (Å²) in [5.74, 6) is 1.23. The van der Waals surface area contributed by atoms with E-state index in [1.807, 2.05) is 18.2 Å². The summed E-state index contributed by atoms with van der Waals surface area (Å²) in [6.45, 7) is 6.21. The number of benzene rings is 1. The van der Waals surface area contributed by atoms with Crippen LogP contribution in [0.4, 0.5) is 0 Å². The Bertz CT molecular complexity index is 436. The zero-order valence-electron chi connectivity index (χ0n) is 12.3. The van der Waals surface area contributed by atoms with Crippen LogP contribution in [0.25, 0.3) is 0 Å². The standard InChI is InChI=1S/C15H23ClN2O2/c1-11(2)9-18-15(19)6-7-17-10-12-4-5-14(20-3)13(16)8-12/h4-5,8,11,17H,6-7,9-10H2,1-3H3,(H,18,19). The number of hydrogen-bond donors (Lipinski definition) is 2. The number of halogens is 1. The van der Waals surface area contributed by atoms with Crippen LogP contribution < -0.4 is 15.4 Å². The van der Waals surface area contributed by atoms with E-state index in [4.69, 9.17) is 16.3 Å². The first-order chi connectivity index (χ1) is 9.52. The first-order valence-electron chi connectivity index (χ1n) is 6.82. The number of carbonyl (C=O) groups is 1. The molecule has 0 bridgehead atoms. The molecular weight excluding hydrogens is 276 g/mol. The molecule has 112 valence electrons. The summed E-state index contributed by atoms with van der Waals surface area (Å²) in [7, 11) is 1.59. The number of methoxy groups -OCH3 is 1. The third kappa shape index (κ3) is 6.26. The molecule has 5 heteroatoms. The fourth-order valence-corrected chi connectivity index (χ4v) is 1.94. The Kier molecular flexibility index (Phi) is 7.41. The van der Waals surface area contributed by atoms with E-state index in [1.54, 1.807) is 7.11 Å². The van der Waals surface area contributed by atoms with E-state index in [9.17, 15) is 4.79 Å². The smallest absolute Gasteiger partial charge is 0.221 e. The fraction of sp³-hybridized carbons (Fsp3) is 0.533. The van der Waals surface area contributed by atoms with E-state index in [-0.39, 0.29) is 5.91 Å². The Balaban J connectivity index is 2.24. The summed E-state index contributed by atoms with van der Waals surface area (Å²) in [6.07, 6.45) is 0.483. The maximum atomic E-state index is 11.5. The van der Waals surface area contributed by atoms with Gasteiger partial charge in [-0.3, -0.25) is 4.79 Å². The van der Waals surface area contributed by atoms with E-state index in [1.165, 1.54) is 0 Å². The molecule has 0 aliphatic heterocycles. The van der Waals surface area contributed by atoms with Crippen molar-refractivity contribution in [2.75, 3.05) is 20.2 Å². The third-order valence-corrected chi connectivity index (χ3v) is 3.08. The van der Waals surface area contributed by atoms with Crippen LogP contribution in [0.15, 0.2) is 18.2 Å². The Morgan fingerprint density at radius 1 is 1.40 bits per heavy atom.